The average Bonchev–Trinajstić information content (AvgIpc) is 2.76. The van der Waals surface area contributed by atoms with E-state index in [1.807, 2.05) is 36.4 Å². The second-order valence-corrected chi connectivity index (χ2v) is 8.75. The van der Waals surface area contributed by atoms with Crippen molar-refractivity contribution in [3.05, 3.63) is 69.1 Å². The molecule has 0 radical (unpaired) electrons. The number of halogens is 2. The first-order chi connectivity index (χ1) is 15.0. The van der Waals surface area contributed by atoms with Crippen molar-refractivity contribution in [2.24, 2.45) is 13.0 Å². The van der Waals surface area contributed by atoms with Gasteiger partial charge in [-0.2, -0.15) is 4.98 Å². The fourth-order valence-electron chi connectivity index (χ4n) is 4.27. The van der Waals surface area contributed by atoms with Gasteiger partial charge in [0.15, 0.2) is 0 Å². The Bertz CT molecular complexity index is 1160. The van der Waals surface area contributed by atoms with Crippen LogP contribution >= 0.6 is 23.2 Å². The van der Waals surface area contributed by atoms with Gasteiger partial charge in [0.25, 0.3) is 0 Å². The van der Waals surface area contributed by atoms with E-state index in [1.165, 1.54) is 0 Å². The molecule has 1 atom stereocenters. The maximum Gasteiger partial charge on any atom is 0.349 e. The number of nitrogens with zero attached hydrogens (tertiary/aromatic N) is 3. The molecule has 0 saturated carbocycles. The van der Waals surface area contributed by atoms with E-state index in [-0.39, 0.29) is 11.6 Å². The lowest BCUT2D eigenvalue weighted by Gasteiger charge is -2.36. The Morgan fingerprint density at radius 1 is 1.10 bits per heavy atom. The number of anilines is 1. The number of benzene rings is 2. The number of piperidine rings is 1. The van der Waals surface area contributed by atoms with Crippen molar-refractivity contribution in [2.75, 3.05) is 18.0 Å². The van der Waals surface area contributed by atoms with Gasteiger partial charge in [0.05, 0.1) is 5.69 Å². The summed E-state index contributed by atoms with van der Waals surface area (Å²) in [6.45, 7) is 1.52. The molecule has 1 aliphatic heterocycles. The highest BCUT2D eigenvalue weighted by Crippen LogP contribution is 2.39. The summed E-state index contributed by atoms with van der Waals surface area (Å²) in [5.41, 5.74) is 2.80. The van der Waals surface area contributed by atoms with Gasteiger partial charge in [0.1, 0.15) is 12.1 Å². The molecule has 1 aliphatic rings. The van der Waals surface area contributed by atoms with Crippen LogP contribution in [0.1, 0.15) is 19.3 Å². The minimum absolute atomic E-state index is 0.265. The Balaban J connectivity index is 1.97. The van der Waals surface area contributed by atoms with Gasteiger partial charge >= 0.3 is 5.69 Å². The lowest BCUT2D eigenvalue weighted by molar-refractivity contribution is -0.108. The van der Waals surface area contributed by atoms with Crippen molar-refractivity contribution >= 4 is 35.3 Å². The van der Waals surface area contributed by atoms with Crippen LogP contribution in [-0.2, 0) is 11.8 Å². The summed E-state index contributed by atoms with van der Waals surface area (Å²) in [6.07, 6.45) is 3.47. The molecule has 1 unspecified atom stereocenters. The fourth-order valence-corrected chi connectivity index (χ4v) is 4.59. The maximum absolute atomic E-state index is 12.9. The number of hydrogen-bond donors (Lipinski definition) is 0. The smallest absolute Gasteiger partial charge is 0.349 e. The zero-order chi connectivity index (χ0) is 22.0. The average molecular weight is 456 g/mol. The summed E-state index contributed by atoms with van der Waals surface area (Å²) in [4.78, 5) is 30.7. The van der Waals surface area contributed by atoms with Gasteiger partial charge in [0, 0.05) is 47.7 Å². The molecule has 0 aliphatic carbocycles. The predicted molar refractivity (Wildman–Crippen MR) is 126 cm³/mol. The van der Waals surface area contributed by atoms with Gasteiger partial charge < -0.3 is 9.69 Å². The van der Waals surface area contributed by atoms with Crippen LogP contribution in [0.2, 0.25) is 10.0 Å². The number of hydrogen-bond acceptors (Lipinski definition) is 4. The first-order valence-corrected chi connectivity index (χ1v) is 11.0. The van der Waals surface area contributed by atoms with E-state index >= 15 is 0 Å². The summed E-state index contributed by atoms with van der Waals surface area (Å²) in [6, 6.07) is 14.9. The number of aromatic nitrogens is 2. The SMILES string of the molecule is Cn1c(N2CCCC(CC=O)C2)c(-c2cccc(Cl)c2)c(-c2ccc(Cl)cc2)nc1=O. The van der Waals surface area contributed by atoms with Crippen molar-refractivity contribution in [1.82, 2.24) is 9.55 Å². The molecule has 0 amide bonds. The molecule has 0 spiro atoms. The van der Waals surface area contributed by atoms with Crippen LogP contribution in [0, 0.1) is 5.92 Å². The van der Waals surface area contributed by atoms with Crippen molar-refractivity contribution in [2.45, 2.75) is 19.3 Å². The van der Waals surface area contributed by atoms with Gasteiger partial charge in [-0.25, -0.2) is 4.79 Å². The Kier molecular flexibility index (Phi) is 6.44. The van der Waals surface area contributed by atoms with Gasteiger partial charge in [0.2, 0.25) is 0 Å². The third-order valence-corrected chi connectivity index (χ3v) is 6.24. The summed E-state index contributed by atoms with van der Waals surface area (Å²) in [5, 5.41) is 1.22. The summed E-state index contributed by atoms with van der Waals surface area (Å²) >= 11 is 12.4. The van der Waals surface area contributed by atoms with Gasteiger partial charge in [-0.1, -0.05) is 47.5 Å². The molecule has 2 aromatic carbocycles. The molecule has 160 valence electrons. The number of aldehydes is 1. The number of carbonyl (C=O) groups excluding carboxylic acids is 1. The Morgan fingerprint density at radius 3 is 2.58 bits per heavy atom. The van der Waals surface area contributed by atoms with E-state index in [4.69, 9.17) is 23.2 Å². The molecule has 0 N–H and O–H groups in total. The van der Waals surface area contributed by atoms with E-state index < -0.39 is 0 Å². The van der Waals surface area contributed by atoms with E-state index in [1.54, 1.807) is 23.7 Å². The molecule has 1 fully saturated rings. The van der Waals surface area contributed by atoms with Crippen molar-refractivity contribution in [3.63, 3.8) is 0 Å². The van der Waals surface area contributed by atoms with Crippen molar-refractivity contribution < 1.29 is 4.79 Å². The summed E-state index contributed by atoms with van der Waals surface area (Å²) < 4.78 is 1.60. The maximum atomic E-state index is 12.9. The van der Waals surface area contributed by atoms with Crippen LogP contribution in [0.4, 0.5) is 5.82 Å². The summed E-state index contributed by atoms with van der Waals surface area (Å²) in [5.74, 6) is 1.06. The lowest BCUT2D eigenvalue weighted by atomic mass is 9.93. The largest absolute Gasteiger partial charge is 0.357 e. The predicted octanol–water partition coefficient (Wildman–Crippen LogP) is 5.23. The standard InChI is InChI=1S/C24H23Cl2N3O2/c1-28-23(29-12-3-4-16(15-29)11-13-30)21(18-5-2-6-20(26)14-18)22(27-24(28)31)17-7-9-19(25)10-8-17/h2,5-10,13-14,16H,3-4,11-12,15H2,1H3. The van der Waals surface area contributed by atoms with Crippen molar-refractivity contribution in [3.8, 4) is 22.4 Å². The number of carbonyl (C=O) groups is 1. The van der Waals surface area contributed by atoms with Gasteiger partial charge in [-0.05, 0) is 48.6 Å². The van der Waals surface area contributed by atoms with Crippen LogP contribution in [0.3, 0.4) is 0 Å². The molecule has 5 nitrogen and oxygen atoms in total. The minimum Gasteiger partial charge on any atom is -0.357 e. The molecule has 4 rings (SSSR count). The zero-order valence-electron chi connectivity index (χ0n) is 17.2. The molecule has 1 saturated heterocycles. The molecule has 0 bridgehead atoms. The molecule has 3 aromatic rings. The Morgan fingerprint density at radius 2 is 1.87 bits per heavy atom. The second-order valence-electron chi connectivity index (χ2n) is 7.87. The highest BCUT2D eigenvalue weighted by atomic mass is 35.5. The first-order valence-electron chi connectivity index (χ1n) is 10.3. The molecule has 31 heavy (non-hydrogen) atoms. The highest BCUT2D eigenvalue weighted by Gasteiger charge is 2.27. The Labute approximate surface area is 191 Å². The van der Waals surface area contributed by atoms with Gasteiger partial charge in [-0.15, -0.1) is 0 Å². The topological polar surface area (TPSA) is 55.2 Å². The van der Waals surface area contributed by atoms with Crippen LogP contribution < -0.4 is 10.6 Å². The molecule has 2 heterocycles. The third-order valence-electron chi connectivity index (χ3n) is 5.75. The van der Waals surface area contributed by atoms with Crippen LogP contribution in [0.5, 0.6) is 0 Å². The molecular weight excluding hydrogens is 433 g/mol. The molecule has 7 heteroatoms. The van der Waals surface area contributed by atoms with Crippen LogP contribution in [0.25, 0.3) is 22.4 Å². The Hall–Kier alpha value is -2.63. The summed E-state index contributed by atoms with van der Waals surface area (Å²) in [7, 11) is 1.74. The normalized spacial score (nSPS) is 16.4. The van der Waals surface area contributed by atoms with Crippen molar-refractivity contribution in [1.29, 1.82) is 0 Å². The molecular formula is C24H23Cl2N3O2. The highest BCUT2D eigenvalue weighted by molar-refractivity contribution is 6.31. The van der Waals surface area contributed by atoms with Crippen LogP contribution in [-0.4, -0.2) is 28.9 Å². The minimum atomic E-state index is -0.330. The lowest BCUT2D eigenvalue weighted by Crippen LogP contribution is -2.40. The zero-order valence-corrected chi connectivity index (χ0v) is 18.7. The second kappa shape index (κ2) is 9.25. The fraction of sp³-hybridized carbons (Fsp3) is 0.292. The van der Waals surface area contributed by atoms with E-state index in [0.29, 0.717) is 28.7 Å². The van der Waals surface area contributed by atoms with E-state index in [0.717, 1.165) is 48.2 Å². The molecule has 1 aromatic heterocycles. The third kappa shape index (κ3) is 4.53. The first kappa shape index (κ1) is 21.6. The van der Waals surface area contributed by atoms with E-state index in [9.17, 15) is 9.59 Å². The van der Waals surface area contributed by atoms with Gasteiger partial charge in [-0.3, -0.25) is 4.57 Å². The quantitative estimate of drug-likeness (QED) is 0.494. The monoisotopic (exact) mass is 455 g/mol. The van der Waals surface area contributed by atoms with Crippen LogP contribution in [0.15, 0.2) is 53.3 Å². The van der Waals surface area contributed by atoms with E-state index in [2.05, 4.69) is 9.88 Å². The number of rotatable bonds is 5.